The second-order valence-corrected chi connectivity index (χ2v) is 8.60. The van der Waals surface area contributed by atoms with E-state index in [4.69, 9.17) is 4.74 Å². The maximum absolute atomic E-state index is 12.4. The van der Waals surface area contributed by atoms with Gasteiger partial charge < -0.3 is 10.1 Å². The van der Waals surface area contributed by atoms with Gasteiger partial charge in [0.15, 0.2) is 9.84 Å². The zero-order valence-corrected chi connectivity index (χ0v) is 12.8. The van der Waals surface area contributed by atoms with Gasteiger partial charge in [-0.05, 0) is 32.6 Å². The monoisotopic (exact) mass is 289 g/mol. The number of nitrogens with one attached hydrogen (secondary N) is 1. The zero-order chi connectivity index (χ0) is 13.7. The number of hydrogen-bond acceptors (Lipinski definition) is 4. The van der Waals surface area contributed by atoms with Crippen LogP contribution in [-0.4, -0.2) is 44.7 Å². The summed E-state index contributed by atoms with van der Waals surface area (Å²) in [4.78, 5) is 0. The lowest BCUT2D eigenvalue weighted by Gasteiger charge is -2.25. The number of rotatable bonds is 6. The molecule has 1 aliphatic carbocycles. The van der Waals surface area contributed by atoms with Gasteiger partial charge in [0, 0.05) is 19.7 Å². The van der Waals surface area contributed by atoms with Crippen LogP contribution in [0, 0.1) is 0 Å². The number of ether oxygens (including phenoxy) is 1. The summed E-state index contributed by atoms with van der Waals surface area (Å²) >= 11 is 0. The van der Waals surface area contributed by atoms with Crippen molar-refractivity contribution < 1.29 is 13.2 Å². The minimum absolute atomic E-state index is 0.0965. The van der Waals surface area contributed by atoms with E-state index in [0.717, 1.165) is 51.7 Å². The first-order chi connectivity index (χ1) is 9.10. The van der Waals surface area contributed by atoms with Crippen LogP contribution < -0.4 is 5.32 Å². The van der Waals surface area contributed by atoms with Crippen LogP contribution in [0.25, 0.3) is 0 Å². The summed E-state index contributed by atoms with van der Waals surface area (Å²) < 4.78 is 30.4. The van der Waals surface area contributed by atoms with Crippen LogP contribution in [0.4, 0.5) is 0 Å². The summed E-state index contributed by atoms with van der Waals surface area (Å²) in [7, 11) is -2.96. The van der Waals surface area contributed by atoms with Crippen molar-refractivity contribution >= 4 is 9.84 Å². The van der Waals surface area contributed by atoms with E-state index in [-0.39, 0.29) is 16.6 Å². The Bertz CT molecular complexity index is 357. The second kappa shape index (κ2) is 7.04. The van der Waals surface area contributed by atoms with Gasteiger partial charge in [-0.2, -0.15) is 0 Å². The van der Waals surface area contributed by atoms with Crippen molar-refractivity contribution in [2.24, 2.45) is 0 Å². The second-order valence-electron chi connectivity index (χ2n) is 5.95. The molecule has 5 heteroatoms. The highest BCUT2D eigenvalue weighted by molar-refractivity contribution is 7.92. The fraction of sp³-hybridized carbons (Fsp3) is 1.00. The molecule has 1 saturated carbocycles. The van der Waals surface area contributed by atoms with Crippen LogP contribution in [0.1, 0.15) is 51.9 Å². The van der Waals surface area contributed by atoms with E-state index in [1.165, 1.54) is 6.42 Å². The Morgan fingerprint density at radius 3 is 2.53 bits per heavy atom. The molecule has 1 N–H and O–H groups in total. The van der Waals surface area contributed by atoms with E-state index < -0.39 is 9.84 Å². The standard InChI is InChI=1S/C14H27NO3S/c1-12(10-15-11-13-6-5-9-18-13)19(16,17)14-7-3-2-4-8-14/h12-15H,2-11H2,1H3. The Morgan fingerprint density at radius 2 is 1.89 bits per heavy atom. The summed E-state index contributed by atoms with van der Waals surface area (Å²) in [6, 6.07) is 0. The van der Waals surface area contributed by atoms with Gasteiger partial charge in [0.2, 0.25) is 0 Å². The van der Waals surface area contributed by atoms with E-state index in [9.17, 15) is 8.42 Å². The fourth-order valence-corrected chi connectivity index (χ4v) is 5.09. The highest BCUT2D eigenvalue weighted by Gasteiger charge is 2.32. The topological polar surface area (TPSA) is 55.4 Å². The summed E-state index contributed by atoms with van der Waals surface area (Å²) in [6.07, 6.45) is 7.55. The first-order valence-corrected chi connectivity index (χ1v) is 9.26. The lowest BCUT2D eigenvalue weighted by atomic mass is 10.0. The minimum Gasteiger partial charge on any atom is -0.377 e. The SMILES string of the molecule is CC(CNCC1CCCO1)S(=O)(=O)C1CCCCC1. The van der Waals surface area contributed by atoms with Gasteiger partial charge in [-0.15, -0.1) is 0 Å². The molecule has 0 aromatic carbocycles. The van der Waals surface area contributed by atoms with Crippen molar-refractivity contribution in [2.75, 3.05) is 19.7 Å². The summed E-state index contributed by atoms with van der Waals surface area (Å²) in [5.74, 6) is 0. The van der Waals surface area contributed by atoms with Crippen molar-refractivity contribution in [3.05, 3.63) is 0 Å². The molecule has 2 unspecified atom stereocenters. The third-order valence-electron chi connectivity index (χ3n) is 4.41. The van der Waals surface area contributed by atoms with Crippen molar-refractivity contribution in [3.8, 4) is 0 Å². The predicted octanol–water partition coefficient (Wildman–Crippen LogP) is 1.89. The van der Waals surface area contributed by atoms with E-state index in [1.807, 2.05) is 6.92 Å². The molecule has 1 heterocycles. The number of hydrogen-bond donors (Lipinski definition) is 1. The van der Waals surface area contributed by atoms with Crippen LogP contribution >= 0.6 is 0 Å². The van der Waals surface area contributed by atoms with Gasteiger partial charge in [-0.25, -0.2) is 8.42 Å². The molecule has 2 rings (SSSR count). The van der Waals surface area contributed by atoms with Gasteiger partial charge >= 0.3 is 0 Å². The predicted molar refractivity (Wildman–Crippen MR) is 77.1 cm³/mol. The molecular weight excluding hydrogens is 262 g/mol. The maximum atomic E-state index is 12.4. The molecule has 0 spiro atoms. The van der Waals surface area contributed by atoms with Crippen LogP contribution in [-0.2, 0) is 14.6 Å². The Kier molecular flexibility index (Phi) is 5.66. The smallest absolute Gasteiger partial charge is 0.156 e. The fourth-order valence-electron chi connectivity index (χ4n) is 3.09. The van der Waals surface area contributed by atoms with Crippen LogP contribution in [0.2, 0.25) is 0 Å². The molecule has 2 fully saturated rings. The molecule has 112 valence electrons. The largest absolute Gasteiger partial charge is 0.377 e. The normalized spacial score (nSPS) is 27.5. The summed E-state index contributed by atoms with van der Waals surface area (Å²) in [6.45, 7) is 4.03. The van der Waals surface area contributed by atoms with E-state index in [1.54, 1.807) is 0 Å². The van der Waals surface area contributed by atoms with Crippen molar-refractivity contribution in [1.29, 1.82) is 0 Å². The lowest BCUT2D eigenvalue weighted by Crippen LogP contribution is -2.40. The van der Waals surface area contributed by atoms with E-state index >= 15 is 0 Å². The molecule has 0 aromatic rings. The Balaban J connectivity index is 1.75. The van der Waals surface area contributed by atoms with Crippen molar-refractivity contribution in [3.63, 3.8) is 0 Å². The molecule has 0 amide bonds. The van der Waals surface area contributed by atoms with Gasteiger partial charge in [0.05, 0.1) is 16.6 Å². The minimum atomic E-state index is -2.96. The van der Waals surface area contributed by atoms with Crippen molar-refractivity contribution in [2.45, 2.75) is 68.5 Å². The van der Waals surface area contributed by atoms with Gasteiger partial charge in [0.1, 0.15) is 0 Å². The van der Waals surface area contributed by atoms with Crippen LogP contribution in [0.3, 0.4) is 0 Å². The van der Waals surface area contributed by atoms with Crippen LogP contribution in [0.15, 0.2) is 0 Å². The Hall–Kier alpha value is -0.130. The third kappa shape index (κ3) is 4.17. The molecule has 2 atom stereocenters. The molecule has 2 aliphatic rings. The van der Waals surface area contributed by atoms with E-state index in [2.05, 4.69) is 5.32 Å². The molecule has 1 saturated heterocycles. The highest BCUT2D eigenvalue weighted by Crippen LogP contribution is 2.26. The van der Waals surface area contributed by atoms with Gasteiger partial charge in [-0.1, -0.05) is 19.3 Å². The molecule has 1 aliphatic heterocycles. The molecule has 0 radical (unpaired) electrons. The summed E-state index contributed by atoms with van der Waals surface area (Å²) in [5, 5.41) is 2.89. The molecule has 0 aromatic heterocycles. The third-order valence-corrected chi connectivity index (χ3v) is 7.09. The van der Waals surface area contributed by atoms with Gasteiger partial charge in [0.25, 0.3) is 0 Å². The summed E-state index contributed by atoms with van der Waals surface area (Å²) in [5.41, 5.74) is 0. The quantitative estimate of drug-likeness (QED) is 0.811. The average Bonchev–Trinajstić information content (AvgIpc) is 2.93. The average molecular weight is 289 g/mol. The highest BCUT2D eigenvalue weighted by atomic mass is 32.2. The molecular formula is C14H27NO3S. The Labute approximate surface area is 117 Å². The molecule has 19 heavy (non-hydrogen) atoms. The van der Waals surface area contributed by atoms with Crippen LogP contribution in [0.5, 0.6) is 0 Å². The molecule has 4 nitrogen and oxygen atoms in total. The molecule has 0 bridgehead atoms. The number of sulfone groups is 1. The lowest BCUT2D eigenvalue weighted by molar-refractivity contribution is 0.110. The van der Waals surface area contributed by atoms with Crippen molar-refractivity contribution in [1.82, 2.24) is 5.32 Å². The zero-order valence-electron chi connectivity index (χ0n) is 11.9. The first-order valence-electron chi connectivity index (χ1n) is 7.65. The van der Waals surface area contributed by atoms with Gasteiger partial charge in [-0.3, -0.25) is 0 Å². The Morgan fingerprint density at radius 1 is 1.16 bits per heavy atom. The van der Waals surface area contributed by atoms with E-state index in [0.29, 0.717) is 6.54 Å². The maximum Gasteiger partial charge on any atom is 0.156 e. The first kappa shape index (κ1) is 15.3.